The van der Waals surface area contributed by atoms with E-state index in [1.54, 1.807) is 0 Å². The summed E-state index contributed by atoms with van der Waals surface area (Å²) in [6.07, 6.45) is 9.56. The van der Waals surface area contributed by atoms with Crippen LogP contribution < -0.4 is 0 Å². The van der Waals surface area contributed by atoms with Crippen molar-refractivity contribution in [1.82, 2.24) is 0 Å². The number of allylic oxidation sites excluding steroid dienone is 4. The summed E-state index contributed by atoms with van der Waals surface area (Å²) in [5.74, 6) is 0. The first kappa shape index (κ1) is 29.4. The van der Waals surface area contributed by atoms with Crippen LogP contribution in [0.2, 0.25) is 0 Å². The Morgan fingerprint density at radius 3 is 1.76 bits per heavy atom. The first-order valence-electron chi connectivity index (χ1n) is 17.0. The van der Waals surface area contributed by atoms with E-state index in [2.05, 4.69) is 183 Å². The van der Waals surface area contributed by atoms with Crippen molar-refractivity contribution >= 4 is 32.9 Å². The topological polar surface area (TPSA) is 0 Å². The Kier molecular flexibility index (Phi) is 7.41. The van der Waals surface area contributed by atoms with Crippen molar-refractivity contribution < 1.29 is 0 Å². The van der Waals surface area contributed by atoms with E-state index in [0.29, 0.717) is 0 Å². The molecular weight excluding hydrogens is 609 g/mol. The summed E-state index contributed by atoms with van der Waals surface area (Å²) in [5.41, 5.74) is 14.4. The standard InChI is InChI=1S/C48H34S/c1-2-3-4-11-20-40-37-19-12-13-21-39(37)45(35-17-9-6-10-18-35)48-42-29-28-36(38-22-14-23-41(46(38)42)47(40)48)32-24-26-34(27-25-32)44-31-30-43(49-44)33-15-7-5-8-16-33/h2-19,21-31H,20H2,1H3/b3-2-,11-4-. The van der Waals surface area contributed by atoms with E-state index >= 15 is 0 Å². The van der Waals surface area contributed by atoms with E-state index in [1.807, 2.05) is 11.3 Å². The van der Waals surface area contributed by atoms with Gasteiger partial charge in [0.25, 0.3) is 0 Å². The molecule has 1 aliphatic rings. The Labute approximate surface area is 292 Å². The molecule has 0 atom stereocenters. The lowest BCUT2D eigenvalue weighted by Gasteiger charge is -2.19. The molecule has 0 fully saturated rings. The number of thiophene rings is 1. The molecule has 1 heterocycles. The fourth-order valence-electron chi connectivity index (χ4n) is 7.71. The second-order valence-electron chi connectivity index (χ2n) is 12.7. The molecule has 1 heteroatoms. The van der Waals surface area contributed by atoms with Crippen molar-refractivity contribution in [2.75, 3.05) is 0 Å². The fraction of sp³-hybridized carbons (Fsp3) is 0.0417. The second kappa shape index (κ2) is 12.4. The third-order valence-corrected chi connectivity index (χ3v) is 11.1. The molecule has 0 aliphatic heterocycles. The zero-order valence-corrected chi connectivity index (χ0v) is 28.2. The minimum absolute atomic E-state index is 0.871. The summed E-state index contributed by atoms with van der Waals surface area (Å²) in [6, 6.07) is 55.9. The Bertz CT molecular complexity index is 2550. The van der Waals surface area contributed by atoms with E-state index < -0.39 is 0 Å². The Balaban J connectivity index is 1.21. The van der Waals surface area contributed by atoms with Crippen LogP contribution in [-0.4, -0.2) is 0 Å². The van der Waals surface area contributed by atoms with Gasteiger partial charge in [0.05, 0.1) is 0 Å². The van der Waals surface area contributed by atoms with Crippen LogP contribution in [0, 0.1) is 0 Å². The SMILES string of the molecule is C/C=C\C=C/Cc1c2c(c(-c3ccccc3)c3ccccc13)-c1ccc(-c3ccc(-c4ccc(-c5ccccc5)s4)cc3)c3cccc-2c13. The average Bonchev–Trinajstić information content (AvgIpc) is 3.79. The Morgan fingerprint density at radius 1 is 0.429 bits per heavy atom. The van der Waals surface area contributed by atoms with Gasteiger partial charge in [-0.25, -0.2) is 0 Å². The van der Waals surface area contributed by atoms with Crippen LogP contribution in [-0.2, 0) is 6.42 Å². The smallest absolute Gasteiger partial charge is 0.0349 e. The monoisotopic (exact) mass is 642 g/mol. The second-order valence-corrected chi connectivity index (χ2v) is 13.8. The van der Waals surface area contributed by atoms with Gasteiger partial charge >= 0.3 is 0 Å². The normalized spacial score (nSPS) is 12.1. The van der Waals surface area contributed by atoms with Gasteiger partial charge in [0.2, 0.25) is 0 Å². The lowest BCUT2D eigenvalue weighted by atomic mass is 9.84. The predicted molar refractivity (Wildman–Crippen MR) is 213 cm³/mol. The molecule has 0 unspecified atom stereocenters. The third kappa shape index (κ3) is 4.98. The Morgan fingerprint density at radius 2 is 1.02 bits per heavy atom. The third-order valence-electron chi connectivity index (χ3n) is 9.87. The molecule has 232 valence electrons. The van der Waals surface area contributed by atoms with Gasteiger partial charge in [0.1, 0.15) is 0 Å². The molecule has 8 aromatic rings. The van der Waals surface area contributed by atoms with Gasteiger partial charge < -0.3 is 0 Å². The molecular formula is C48H34S. The number of rotatable bonds is 7. The van der Waals surface area contributed by atoms with Crippen molar-refractivity contribution in [3.05, 3.63) is 182 Å². The average molecular weight is 643 g/mol. The van der Waals surface area contributed by atoms with E-state index in [1.165, 1.54) is 92.5 Å². The highest BCUT2D eigenvalue weighted by molar-refractivity contribution is 7.18. The van der Waals surface area contributed by atoms with Crippen molar-refractivity contribution in [2.45, 2.75) is 13.3 Å². The molecule has 0 saturated carbocycles. The van der Waals surface area contributed by atoms with Crippen LogP contribution in [0.25, 0.3) is 86.9 Å². The maximum atomic E-state index is 2.38. The molecule has 0 bridgehead atoms. The number of fused-ring (bicyclic) bond motifs is 4. The van der Waals surface area contributed by atoms with Crippen LogP contribution in [0.3, 0.4) is 0 Å². The van der Waals surface area contributed by atoms with Crippen LogP contribution in [0.15, 0.2) is 176 Å². The van der Waals surface area contributed by atoms with Crippen LogP contribution >= 0.6 is 11.3 Å². The molecule has 0 amide bonds. The number of benzene rings is 7. The first-order valence-corrected chi connectivity index (χ1v) is 17.8. The highest BCUT2D eigenvalue weighted by Crippen LogP contribution is 2.56. The molecule has 0 nitrogen and oxygen atoms in total. The summed E-state index contributed by atoms with van der Waals surface area (Å²) < 4.78 is 0. The molecule has 0 N–H and O–H groups in total. The van der Waals surface area contributed by atoms with Gasteiger partial charge in [-0.05, 0) is 108 Å². The minimum Gasteiger partial charge on any atom is -0.135 e. The number of hydrogen-bond donors (Lipinski definition) is 0. The molecule has 1 aliphatic carbocycles. The van der Waals surface area contributed by atoms with Crippen molar-refractivity contribution in [1.29, 1.82) is 0 Å². The lowest BCUT2D eigenvalue weighted by Crippen LogP contribution is -1.95. The van der Waals surface area contributed by atoms with E-state index in [9.17, 15) is 0 Å². The van der Waals surface area contributed by atoms with Gasteiger partial charge in [0, 0.05) is 9.75 Å². The van der Waals surface area contributed by atoms with Crippen LogP contribution in [0.1, 0.15) is 12.5 Å². The molecule has 0 spiro atoms. The Hall–Kier alpha value is -5.76. The zero-order valence-electron chi connectivity index (χ0n) is 27.4. The highest BCUT2D eigenvalue weighted by Gasteiger charge is 2.30. The lowest BCUT2D eigenvalue weighted by molar-refractivity contribution is 1.31. The minimum atomic E-state index is 0.871. The largest absolute Gasteiger partial charge is 0.135 e. The van der Waals surface area contributed by atoms with Crippen molar-refractivity contribution in [3.8, 4) is 65.4 Å². The molecule has 0 saturated heterocycles. The van der Waals surface area contributed by atoms with Gasteiger partial charge in [-0.15, -0.1) is 11.3 Å². The van der Waals surface area contributed by atoms with Crippen molar-refractivity contribution in [3.63, 3.8) is 0 Å². The maximum Gasteiger partial charge on any atom is 0.0349 e. The number of hydrogen-bond acceptors (Lipinski definition) is 1. The summed E-state index contributed by atoms with van der Waals surface area (Å²) >= 11 is 1.85. The molecule has 1 aromatic heterocycles. The zero-order chi connectivity index (χ0) is 32.7. The quantitative estimate of drug-likeness (QED) is 0.152. The molecule has 7 aromatic carbocycles. The van der Waals surface area contributed by atoms with Gasteiger partial charge in [-0.1, -0.05) is 164 Å². The highest BCUT2D eigenvalue weighted by atomic mass is 32.1. The van der Waals surface area contributed by atoms with Gasteiger partial charge in [-0.2, -0.15) is 0 Å². The molecule has 9 rings (SSSR count). The van der Waals surface area contributed by atoms with E-state index in [-0.39, 0.29) is 0 Å². The van der Waals surface area contributed by atoms with Crippen molar-refractivity contribution in [2.24, 2.45) is 0 Å². The fourth-order valence-corrected chi connectivity index (χ4v) is 8.73. The van der Waals surface area contributed by atoms with Crippen LogP contribution in [0.4, 0.5) is 0 Å². The van der Waals surface area contributed by atoms with Crippen LogP contribution in [0.5, 0.6) is 0 Å². The predicted octanol–water partition coefficient (Wildman–Crippen LogP) is 14.0. The van der Waals surface area contributed by atoms with Gasteiger partial charge in [-0.3, -0.25) is 0 Å². The summed E-state index contributed by atoms with van der Waals surface area (Å²) in [4.78, 5) is 2.59. The van der Waals surface area contributed by atoms with E-state index in [0.717, 1.165) is 6.42 Å². The molecule has 49 heavy (non-hydrogen) atoms. The first-order chi connectivity index (χ1) is 24.3. The summed E-state index contributed by atoms with van der Waals surface area (Å²) in [7, 11) is 0. The maximum absolute atomic E-state index is 2.38. The summed E-state index contributed by atoms with van der Waals surface area (Å²) in [6.45, 7) is 2.07. The summed E-state index contributed by atoms with van der Waals surface area (Å²) in [5, 5.41) is 5.30. The van der Waals surface area contributed by atoms with Gasteiger partial charge in [0.15, 0.2) is 0 Å². The molecule has 0 radical (unpaired) electrons. The van der Waals surface area contributed by atoms with E-state index in [4.69, 9.17) is 0 Å².